The van der Waals surface area contributed by atoms with Gasteiger partial charge in [0.05, 0.1) is 5.56 Å². The van der Waals surface area contributed by atoms with E-state index >= 15 is 0 Å². The molecule has 0 aliphatic carbocycles. The summed E-state index contributed by atoms with van der Waals surface area (Å²) in [6.07, 6.45) is 0. The first-order chi connectivity index (χ1) is 10.2. The Morgan fingerprint density at radius 1 is 1.10 bits per heavy atom. The van der Waals surface area contributed by atoms with E-state index in [0.29, 0.717) is 15.6 Å². The molecule has 104 valence electrons. The van der Waals surface area contributed by atoms with E-state index in [0.717, 1.165) is 4.90 Å². The van der Waals surface area contributed by atoms with Crippen molar-refractivity contribution in [2.24, 2.45) is 5.16 Å². The molecule has 2 aromatic rings. The number of halogens is 1. The fraction of sp³-hybridized carbons (Fsp3) is 0. The molecule has 1 heterocycles. The highest BCUT2D eigenvalue weighted by Gasteiger charge is 2.28. The highest BCUT2D eigenvalue weighted by atomic mass is 79.9. The first kappa shape index (κ1) is 14.0. The summed E-state index contributed by atoms with van der Waals surface area (Å²) in [5, 5.41) is 3.86. The lowest BCUT2D eigenvalue weighted by molar-refractivity contribution is 0.0516. The molecule has 0 aromatic heterocycles. The van der Waals surface area contributed by atoms with Crippen LogP contribution in [0.4, 0.5) is 0 Å². The lowest BCUT2D eigenvalue weighted by Gasteiger charge is -2.00. The molecule has 2 aromatic carbocycles. The molecule has 21 heavy (non-hydrogen) atoms. The van der Waals surface area contributed by atoms with Crippen LogP contribution in [0.2, 0.25) is 0 Å². The Morgan fingerprint density at radius 2 is 1.81 bits per heavy atom. The van der Waals surface area contributed by atoms with Crippen LogP contribution in [0.15, 0.2) is 63.1 Å². The highest BCUT2D eigenvalue weighted by molar-refractivity contribution is 9.10. The number of carbonyl (C=O) groups excluding carboxylic acids is 2. The number of carbonyl (C=O) groups is 2. The number of Topliss-reactive ketones (excluding diaryl/α,β-unsaturated/α-hetero) is 1. The maximum Gasteiger partial charge on any atom is 0.366 e. The molecule has 4 nitrogen and oxygen atoms in total. The van der Waals surface area contributed by atoms with Crippen LogP contribution in [0, 0.1) is 0 Å². The smallest absolute Gasteiger partial charge is 0.311 e. The number of nitrogens with zero attached hydrogens (tertiary/aromatic N) is 1. The quantitative estimate of drug-likeness (QED) is 0.601. The minimum atomic E-state index is -0.612. The third-order valence-corrected chi connectivity index (χ3v) is 4.56. The van der Waals surface area contributed by atoms with Gasteiger partial charge in [0.1, 0.15) is 0 Å². The normalized spacial score (nSPS) is 15.1. The minimum absolute atomic E-state index is 0.164. The average molecular weight is 362 g/mol. The zero-order valence-corrected chi connectivity index (χ0v) is 13.0. The van der Waals surface area contributed by atoms with E-state index in [-0.39, 0.29) is 10.8 Å². The maximum atomic E-state index is 12.1. The van der Waals surface area contributed by atoms with Crippen LogP contribution in [0.3, 0.4) is 0 Å². The van der Waals surface area contributed by atoms with Crippen LogP contribution >= 0.6 is 27.7 Å². The fourth-order valence-electron chi connectivity index (χ4n) is 1.83. The molecule has 0 amide bonds. The number of hydrogen-bond donors (Lipinski definition) is 0. The average Bonchev–Trinajstić information content (AvgIpc) is 2.82. The molecule has 0 atom stereocenters. The van der Waals surface area contributed by atoms with Gasteiger partial charge in [0, 0.05) is 14.9 Å². The van der Waals surface area contributed by atoms with Gasteiger partial charge in [-0.15, -0.1) is 0 Å². The van der Waals surface area contributed by atoms with E-state index in [1.165, 1.54) is 11.8 Å². The maximum absolute atomic E-state index is 12.1. The molecule has 0 N–H and O–H groups in total. The molecule has 0 saturated carbocycles. The van der Waals surface area contributed by atoms with Gasteiger partial charge in [-0.25, -0.2) is 4.79 Å². The van der Waals surface area contributed by atoms with Crippen molar-refractivity contribution in [2.45, 2.75) is 4.90 Å². The van der Waals surface area contributed by atoms with Crippen molar-refractivity contribution in [3.05, 3.63) is 64.1 Å². The van der Waals surface area contributed by atoms with Crippen molar-refractivity contribution in [3.8, 4) is 0 Å². The number of rotatable bonds is 2. The van der Waals surface area contributed by atoms with Gasteiger partial charge in [-0.3, -0.25) is 4.79 Å². The monoisotopic (exact) mass is 361 g/mol. The van der Waals surface area contributed by atoms with Gasteiger partial charge in [0.25, 0.3) is 0 Å². The zero-order valence-electron chi connectivity index (χ0n) is 10.6. The molecule has 0 bridgehead atoms. The second-order valence-corrected chi connectivity index (χ2v) is 6.07. The predicted molar refractivity (Wildman–Crippen MR) is 83.6 cm³/mol. The second kappa shape index (κ2) is 5.83. The summed E-state index contributed by atoms with van der Waals surface area (Å²) in [5.74, 6) is -0.838. The summed E-state index contributed by atoms with van der Waals surface area (Å²) in [4.78, 5) is 29.7. The topological polar surface area (TPSA) is 55.7 Å². The van der Waals surface area contributed by atoms with Crippen molar-refractivity contribution in [3.63, 3.8) is 0 Å². The van der Waals surface area contributed by atoms with Crippen LogP contribution in [-0.4, -0.2) is 16.8 Å². The molecule has 1 aliphatic heterocycles. The van der Waals surface area contributed by atoms with Crippen LogP contribution in [0.25, 0.3) is 0 Å². The van der Waals surface area contributed by atoms with E-state index in [2.05, 4.69) is 21.1 Å². The molecule has 0 saturated heterocycles. The summed E-state index contributed by atoms with van der Waals surface area (Å²) >= 11 is 4.46. The molecular formula is C15H8BrNO3S. The lowest BCUT2D eigenvalue weighted by atomic mass is 10.1. The third-order valence-electron chi connectivity index (χ3n) is 2.84. The molecule has 0 radical (unpaired) electrons. The van der Waals surface area contributed by atoms with Gasteiger partial charge < -0.3 is 4.84 Å². The Bertz CT molecular complexity index is 773. The van der Waals surface area contributed by atoms with Crippen molar-refractivity contribution in [2.75, 3.05) is 0 Å². The number of benzene rings is 2. The molecule has 0 unspecified atom stereocenters. The molecule has 0 spiro atoms. The Labute approximate surface area is 133 Å². The van der Waals surface area contributed by atoms with Gasteiger partial charge in [-0.1, -0.05) is 41.2 Å². The largest absolute Gasteiger partial charge is 0.366 e. The standard InChI is InChI=1S/C15H8BrNO3S/c16-11-7-3-1-5-9(11)15(19)20-17-14-13(18)10-6-2-4-8-12(10)21-14/h1-8H/b17-14-. The van der Waals surface area contributed by atoms with Crippen LogP contribution < -0.4 is 0 Å². The van der Waals surface area contributed by atoms with Crippen molar-refractivity contribution >= 4 is 44.5 Å². The third kappa shape index (κ3) is 2.77. The zero-order chi connectivity index (χ0) is 14.8. The number of oxime groups is 1. The second-order valence-electron chi connectivity index (χ2n) is 4.18. The lowest BCUT2D eigenvalue weighted by Crippen LogP contribution is -2.08. The SMILES string of the molecule is O=C(O/N=C1\Sc2ccccc2C1=O)c1ccccc1Br. The van der Waals surface area contributed by atoms with Gasteiger partial charge in [-0.2, -0.15) is 0 Å². The van der Waals surface area contributed by atoms with Gasteiger partial charge in [0.15, 0.2) is 5.04 Å². The first-order valence-corrected chi connectivity index (χ1v) is 7.63. The van der Waals surface area contributed by atoms with E-state index in [4.69, 9.17) is 4.84 Å². The summed E-state index contributed by atoms with van der Waals surface area (Å²) in [6, 6.07) is 14.0. The number of thioether (sulfide) groups is 1. The van der Waals surface area contributed by atoms with Crippen LogP contribution in [0.1, 0.15) is 20.7 Å². The van der Waals surface area contributed by atoms with Gasteiger partial charge >= 0.3 is 5.97 Å². The van der Waals surface area contributed by atoms with Crippen molar-refractivity contribution < 1.29 is 14.4 Å². The van der Waals surface area contributed by atoms with E-state index in [1.54, 1.807) is 36.4 Å². The molecule has 0 fully saturated rings. The van der Waals surface area contributed by atoms with Crippen LogP contribution in [0.5, 0.6) is 0 Å². The van der Waals surface area contributed by atoms with Crippen molar-refractivity contribution in [1.29, 1.82) is 0 Å². The van der Waals surface area contributed by atoms with Gasteiger partial charge in [0.2, 0.25) is 5.78 Å². The Hall–Kier alpha value is -1.92. The summed E-state index contributed by atoms with van der Waals surface area (Å²) in [7, 11) is 0. The number of ketones is 1. The molecule has 6 heteroatoms. The van der Waals surface area contributed by atoms with E-state index in [9.17, 15) is 9.59 Å². The Balaban J connectivity index is 1.78. The highest BCUT2D eigenvalue weighted by Crippen LogP contribution is 2.33. The van der Waals surface area contributed by atoms with E-state index < -0.39 is 5.97 Å². The molecule has 3 rings (SSSR count). The molecule has 1 aliphatic rings. The Morgan fingerprint density at radius 3 is 2.57 bits per heavy atom. The van der Waals surface area contributed by atoms with Gasteiger partial charge in [-0.05, 0) is 40.2 Å². The summed E-state index contributed by atoms with van der Waals surface area (Å²) in [6.45, 7) is 0. The first-order valence-electron chi connectivity index (χ1n) is 6.02. The Kier molecular flexibility index (Phi) is 3.90. The molecular weight excluding hydrogens is 354 g/mol. The number of fused-ring (bicyclic) bond motifs is 1. The van der Waals surface area contributed by atoms with Crippen molar-refractivity contribution in [1.82, 2.24) is 0 Å². The summed E-state index contributed by atoms with van der Waals surface area (Å²) < 4.78 is 0.615. The van der Waals surface area contributed by atoms with Crippen LogP contribution in [-0.2, 0) is 4.84 Å². The summed E-state index contributed by atoms with van der Waals surface area (Å²) in [5.41, 5.74) is 0.938. The number of hydrogen-bond acceptors (Lipinski definition) is 5. The minimum Gasteiger partial charge on any atom is -0.311 e. The predicted octanol–water partition coefficient (Wildman–Crippen LogP) is 3.91. The fourth-order valence-corrected chi connectivity index (χ4v) is 3.18. The van der Waals surface area contributed by atoms with E-state index in [1.807, 2.05) is 12.1 Å².